The Hall–Kier alpha value is -0.830. The second-order valence-corrected chi connectivity index (χ2v) is 5.86. The van der Waals surface area contributed by atoms with E-state index in [1.54, 1.807) is 0 Å². The van der Waals surface area contributed by atoms with Gasteiger partial charge in [-0.25, -0.2) is 0 Å². The van der Waals surface area contributed by atoms with Gasteiger partial charge < -0.3 is 10.4 Å². The summed E-state index contributed by atoms with van der Waals surface area (Å²) >= 11 is 0. The second-order valence-electron chi connectivity index (χ2n) is 5.86. The summed E-state index contributed by atoms with van der Waals surface area (Å²) in [6.45, 7) is 6.42. The minimum atomic E-state index is -0.0785. The molecule has 2 aliphatic rings. The van der Waals surface area contributed by atoms with E-state index in [-0.39, 0.29) is 12.0 Å². The molecule has 0 heterocycles. The van der Waals surface area contributed by atoms with Crippen LogP contribution in [-0.4, -0.2) is 23.7 Å². The summed E-state index contributed by atoms with van der Waals surface area (Å²) in [6, 6.07) is 0. The van der Waals surface area contributed by atoms with Crippen LogP contribution in [0, 0.1) is 23.7 Å². The molecule has 5 unspecified atom stereocenters. The number of fused-ring (bicyclic) bond motifs is 2. The molecule has 102 valence electrons. The Balaban J connectivity index is 1.87. The zero-order chi connectivity index (χ0) is 13.1. The number of carbonyl (C=O) groups excluding carboxylic acids is 1. The van der Waals surface area contributed by atoms with Crippen molar-refractivity contribution in [1.82, 2.24) is 5.32 Å². The van der Waals surface area contributed by atoms with Gasteiger partial charge in [-0.15, -0.1) is 0 Å². The molecule has 1 amide bonds. The third-order valence-corrected chi connectivity index (χ3v) is 4.90. The first-order chi connectivity index (χ1) is 8.67. The molecule has 0 spiro atoms. The normalized spacial score (nSPS) is 37.8. The minimum absolute atomic E-state index is 0.0643. The van der Waals surface area contributed by atoms with Crippen molar-refractivity contribution in [3.63, 3.8) is 0 Å². The van der Waals surface area contributed by atoms with Crippen molar-refractivity contribution >= 4 is 5.91 Å². The summed E-state index contributed by atoms with van der Waals surface area (Å²) < 4.78 is 0. The van der Waals surface area contributed by atoms with Gasteiger partial charge in [0.15, 0.2) is 0 Å². The predicted molar refractivity (Wildman–Crippen MR) is 71.9 cm³/mol. The van der Waals surface area contributed by atoms with Gasteiger partial charge in [-0.05, 0) is 49.0 Å². The molecule has 3 nitrogen and oxygen atoms in total. The summed E-state index contributed by atoms with van der Waals surface area (Å²) in [5.41, 5.74) is 0. The number of hydrogen-bond donors (Lipinski definition) is 2. The lowest BCUT2D eigenvalue weighted by Crippen LogP contribution is -2.33. The van der Waals surface area contributed by atoms with Crippen LogP contribution in [0.1, 0.15) is 39.0 Å². The van der Waals surface area contributed by atoms with E-state index >= 15 is 0 Å². The van der Waals surface area contributed by atoms with Crippen LogP contribution in [0.2, 0.25) is 0 Å². The van der Waals surface area contributed by atoms with Gasteiger partial charge in [0.05, 0.1) is 6.10 Å². The Labute approximate surface area is 110 Å². The van der Waals surface area contributed by atoms with Crippen molar-refractivity contribution in [3.05, 3.63) is 12.7 Å². The number of nitrogens with one attached hydrogen (secondary N) is 1. The van der Waals surface area contributed by atoms with E-state index in [4.69, 9.17) is 0 Å². The van der Waals surface area contributed by atoms with Crippen molar-refractivity contribution in [2.75, 3.05) is 6.54 Å². The molecule has 0 radical (unpaired) electrons. The molecular weight excluding hydrogens is 226 g/mol. The van der Waals surface area contributed by atoms with Gasteiger partial charge in [0.1, 0.15) is 0 Å². The molecule has 5 atom stereocenters. The lowest BCUT2D eigenvalue weighted by molar-refractivity contribution is -0.116. The van der Waals surface area contributed by atoms with Crippen molar-refractivity contribution in [1.29, 1.82) is 0 Å². The lowest BCUT2D eigenvalue weighted by Gasteiger charge is -2.33. The van der Waals surface area contributed by atoms with Crippen molar-refractivity contribution < 1.29 is 9.90 Å². The average Bonchev–Trinajstić information content (AvgIpc) is 2.87. The van der Waals surface area contributed by atoms with Gasteiger partial charge in [0, 0.05) is 6.54 Å². The molecule has 18 heavy (non-hydrogen) atoms. The van der Waals surface area contributed by atoms with Gasteiger partial charge in [-0.1, -0.05) is 26.3 Å². The molecule has 2 N–H and O–H groups in total. The Morgan fingerprint density at radius 1 is 1.39 bits per heavy atom. The van der Waals surface area contributed by atoms with E-state index in [0.717, 1.165) is 19.4 Å². The summed E-state index contributed by atoms with van der Waals surface area (Å²) in [5.74, 6) is 2.50. The topological polar surface area (TPSA) is 49.3 Å². The van der Waals surface area contributed by atoms with Gasteiger partial charge in [0.25, 0.3) is 0 Å². The first kappa shape index (κ1) is 13.6. The highest BCUT2D eigenvalue weighted by Gasteiger charge is 2.50. The molecule has 0 aromatic rings. The molecule has 3 heteroatoms. The van der Waals surface area contributed by atoms with Crippen LogP contribution in [-0.2, 0) is 4.79 Å². The number of carbonyl (C=O) groups is 1. The van der Waals surface area contributed by atoms with Crippen LogP contribution in [0.4, 0.5) is 0 Å². The highest BCUT2D eigenvalue weighted by Crippen LogP contribution is 2.54. The molecule has 2 bridgehead atoms. The predicted octanol–water partition coefficient (Wildman–Crippen LogP) is 2.11. The van der Waals surface area contributed by atoms with Crippen molar-refractivity contribution in [2.24, 2.45) is 23.7 Å². The largest absolute Gasteiger partial charge is 0.393 e. The van der Waals surface area contributed by atoms with Crippen LogP contribution < -0.4 is 5.32 Å². The molecule has 0 aromatic heterocycles. The summed E-state index contributed by atoms with van der Waals surface area (Å²) in [4.78, 5) is 11.1. The number of hydrogen-bond acceptors (Lipinski definition) is 2. The molecule has 0 aromatic carbocycles. The molecule has 2 saturated carbocycles. The third-order valence-electron chi connectivity index (χ3n) is 4.90. The van der Waals surface area contributed by atoms with E-state index in [0.29, 0.717) is 23.7 Å². The fourth-order valence-electron chi connectivity index (χ4n) is 4.21. The molecule has 0 aliphatic heterocycles. The fourth-order valence-corrected chi connectivity index (χ4v) is 4.21. The number of aliphatic hydroxyl groups is 1. The third kappa shape index (κ3) is 2.61. The Morgan fingerprint density at radius 2 is 2.17 bits per heavy atom. The highest BCUT2D eigenvalue weighted by molar-refractivity contribution is 5.86. The SMILES string of the molecule is C=CC(=O)NCCC1C2CC(O)C(C2)C1CCC. The van der Waals surface area contributed by atoms with Gasteiger partial charge in [-0.3, -0.25) is 4.79 Å². The zero-order valence-corrected chi connectivity index (χ0v) is 11.3. The molecular formula is C15H25NO2. The summed E-state index contributed by atoms with van der Waals surface area (Å²) in [6.07, 6.45) is 6.91. The zero-order valence-electron chi connectivity index (χ0n) is 11.3. The minimum Gasteiger partial charge on any atom is -0.393 e. The Morgan fingerprint density at radius 3 is 2.83 bits per heavy atom. The number of amides is 1. The standard InChI is InChI=1S/C15H25NO2/c1-3-5-12-11(6-7-16-15(18)4-2)10-8-13(12)14(17)9-10/h4,10-14,17H,2-3,5-9H2,1H3,(H,16,18). The summed E-state index contributed by atoms with van der Waals surface area (Å²) in [5, 5.41) is 12.9. The van der Waals surface area contributed by atoms with Crippen LogP contribution >= 0.6 is 0 Å². The quantitative estimate of drug-likeness (QED) is 0.710. The number of rotatable bonds is 6. The maximum atomic E-state index is 11.1. The van der Waals surface area contributed by atoms with Crippen LogP contribution in [0.15, 0.2) is 12.7 Å². The second kappa shape index (κ2) is 5.87. The van der Waals surface area contributed by atoms with Crippen LogP contribution in [0.25, 0.3) is 0 Å². The molecule has 0 saturated heterocycles. The molecule has 2 rings (SSSR count). The molecule has 2 fully saturated rings. The summed E-state index contributed by atoms with van der Waals surface area (Å²) in [7, 11) is 0. The van der Waals surface area contributed by atoms with Crippen LogP contribution in [0.3, 0.4) is 0 Å². The van der Waals surface area contributed by atoms with Gasteiger partial charge >= 0.3 is 0 Å². The smallest absolute Gasteiger partial charge is 0.243 e. The molecule has 2 aliphatic carbocycles. The van der Waals surface area contributed by atoms with E-state index < -0.39 is 0 Å². The Bertz CT molecular complexity index is 316. The van der Waals surface area contributed by atoms with E-state index in [1.807, 2.05) is 0 Å². The average molecular weight is 251 g/mol. The highest BCUT2D eigenvalue weighted by atomic mass is 16.3. The van der Waals surface area contributed by atoms with E-state index in [1.165, 1.54) is 25.3 Å². The van der Waals surface area contributed by atoms with Crippen LogP contribution in [0.5, 0.6) is 0 Å². The van der Waals surface area contributed by atoms with Gasteiger partial charge in [0.2, 0.25) is 5.91 Å². The van der Waals surface area contributed by atoms with Gasteiger partial charge in [-0.2, -0.15) is 0 Å². The van der Waals surface area contributed by atoms with E-state index in [2.05, 4.69) is 18.8 Å². The fraction of sp³-hybridized carbons (Fsp3) is 0.800. The maximum absolute atomic E-state index is 11.1. The Kier molecular flexibility index (Phi) is 4.44. The monoisotopic (exact) mass is 251 g/mol. The maximum Gasteiger partial charge on any atom is 0.243 e. The van der Waals surface area contributed by atoms with E-state index in [9.17, 15) is 9.90 Å². The first-order valence-electron chi connectivity index (χ1n) is 7.25. The lowest BCUT2D eigenvalue weighted by atomic mass is 9.74. The van der Waals surface area contributed by atoms with Crippen molar-refractivity contribution in [2.45, 2.75) is 45.1 Å². The number of aliphatic hydroxyl groups excluding tert-OH is 1. The first-order valence-corrected chi connectivity index (χ1v) is 7.25. The van der Waals surface area contributed by atoms with Crippen molar-refractivity contribution in [3.8, 4) is 0 Å².